The van der Waals surface area contributed by atoms with Crippen molar-refractivity contribution in [2.24, 2.45) is 0 Å². The third-order valence-electron chi connectivity index (χ3n) is 4.32. The fourth-order valence-corrected chi connectivity index (χ4v) is 3.34. The van der Waals surface area contributed by atoms with Crippen molar-refractivity contribution in [2.75, 3.05) is 5.73 Å². The van der Waals surface area contributed by atoms with Crippen LogP contribution < -0.4 is 5.73 Å². The second kappa shape index (κ2) is 6.13. The molecule has 108 valence electrons. The molecule has 0 heterocycles. The number of ketones is 1. The summed E-state index contributed by atoms with van der Waals surface area (Å²) in [6.45, 7) is 0. The predicted molar refractivity (Wildman–Crippen MR) is 86.3 cm³/mol. The Balaban J connectivity index is 1.68. The van der Waals surface area contributed by atoms with E-state index in [1.807, 2.05) is 24.3 Å². The first-order valence-electron chi connectivity index (χ1n) is 7.66. The molecule has 1 unspecified atom stereocenters. The first-order valence-corrected chi connectivity index (χ1v) is 7.66. The van der Waals surface area contributed by atoms with Crippen LogP contribution in [-0.4, -0.2) is 5.78 Å². The van der Waals surface area contributed by atoms with E-state index in [2.05, 4.69) is 24.3 Å². The van der Waals surface area contributed by atoms with E-state index < -0.39 is 0 Å². The Morgan fingerprint density at radius 3 is 2.86 bits per heavy atom. The third kappa shape index (κ3) is 3.33. The molecule has 21 heavy (non-hydrogen) atoms. The summed E-state index contributed by atoms with van der Waals surface area (Å²) in [4.78, 5) is 12.4. The molecule has 0 saturated heterocycles. The van der Waals surface area contributed by atoms with Crippen LogP contribution >= 0.6 is 0 Å². The molecule has 2 nitrogen and oxygen atoms in total. The summed E-state index contributed by atoms with van der Waals surface area (Å²) in [6.07, 6.45) is 4.60. The second-order valence-electron chi connectivity index (χ2n) is 5.95. The largest absolute Gasteiger partial charge is 0.399 e. The highest BCUT2D eigenvalue weighted by Gasteiger charge is 2.22. The van der Waals surface area contributed by atoms with Crippen molar-refractivity contribution < 1.29 is 4.79 Å². The molecule has 0 amide bonds. The van der Waals surface area contributed by atoms with Gasteiger partial charge in [0.1, 0.15) is 5.78 Å². The van der Waals surface area contributed by atoms with E-state index in [0.717, 1.165) is 24.1 Å². The highest BCUT2D eigenvalue weighted by atomic mass is 16.1. The molecule has 1 aliphatic carbocycles. The van der Waals surface area contributed by atoms with Crippen LogP contribution in [0.1, 0.15) is 41.9 Å². The van der Waals surface area contributed by atoms with Crippen molar-refractivity contribution >= 4 is 11.5 Å². The molecular weight excluding hydrogens is 258 g/mol. The zero-order valence-corrected chi connectivity index (χ0v) is 12.2. The zero-order valence-electron chi connectivity index (χ0n) is 12.2. The Morgan fingerprint density at radius 1 is 1.14 bits per heavy atom. The molecule has 2 aromatic carbocycles. The van der Waals surface area contributed by atoms with Crippen LogP contribution in [0.25, 0.3) is 0 Å². The van der Waals surface area contributed by atoms with Gasteiger partial charge in [0.15, 0.2) is 0 Å². The van der Waals surface area contributed by atoms with Crippen LogP contribution in [0.15, 0.2) is 48.5 Å². The Bertz CT molecular complexity index is 648. The number of fused-ring (bicyclic) bond motifs is 1. The number of Topliss-reactive ketones (excluding diaryl/α,β-unsaturated/α-hetero) is 1. The van der Waals surface area contributed by atoms with Gasteiger partial charge in [0.05, 0.1) is 0 Å². The quantitative estimate of drug-likeness (QED) is 0.863. The van der Waals surface area contributed by atoms with Gasteiger partial charge in [-0.15, -0.1) is 0 Å². The summed E-state index contributed by atoms with van der Waals surface area (Å²) in [5.41, 5.74) is 10.3. The molecule has 0 saturated carbocycles. The molecule has 0 spiro atoms. The van der Waals surface area contributed by atoms with Gasteiger partial charge in [-0.1, -0.05) is 36.4 Å². The molecule has 0 aliphatic heterocycles. The Morgan fingerprint density at radius 2 is 2.00 bits per heavy atom. The molecule has 0 fully saturated rings. The van der Waals surface area contributed by atoms with Crippen molar-refractivity contribution in [3.8, 4) is 0 Å². The van der Waals surface area contributed by atoms with Gasteiger partial charge in [0, 0.05) is 18.5 Å². The molecule has 0 bridgehead atoms. The summed E-state index contributed by atoms with van der Waals surface area (Å²) in [5, 5.41) is 0. The normalized spacial score (nSPS) is 17.2. The lowest BCUT2D eigenvalue weighted by Gasteiger charge is -2.25. The van der Waals surface area contributed by atoms with E-state index in [4.69, 9.17) is 5.73 Å². The lowest BCUT2D eigenvalue weighted by Crippen LogP contribution is -2.15. The fraction of sp³-hybridized carbons (Fsp3) is 0.316. The second-order valence-corrected chi connectivity index (χ2v) is 5.95. The minimum atomic E-state index is 0.308. The van der Waals surface area contributed by atoms with Gasteiger partial charge in [-0.3, -0.25) is 4.79 Å². The SMILES string of the molecule is Nc1cccc(CC(=O)CC2CCCc3ccccc32)c1. The third-order valence-corrected chi connectivity index (χ3v) is 4.32. The number of carbonyl (C=O) groups is 1. The van der Waals surface area contributed by atoms with Gasteiger partial charge < -0.3 is 5.73 Å². The van der Waals surface area contributed by atoms with E-state index in [9.17, 15) is 4.79 Å². The Hall–Kier alpha value is -2.09. The number of rotatable bonds is 4. The summed E-state index contributed by atoms with van der Waals surface area (Å²) in [7, 11) is 0. The first kappa shape index (κ1) is 13.9. The van der Waals surface area contributed by atoms with E-state index in [1.165, 1.54) is 17.5 Å². The van der Waals surface area contributed by atoms with Gasteiger partial charge in [0.25, 0.3) is 0 Å². The van der Waals surface area contributed by atoms with Crippen LogP contribution in [0, 0.1) is 0 Å². The molecule has 1 atom stereocenters. The summed E-state index contributed by atoms with van der Waals surface area (Å²) in [5.74, 6) is 0.700. The first-order chi connectivity index (χ1) is 10.2. The number of hydrogen-bond acceptors (Lipinski definition) is 2. The highest BCUT2D eigenvalue weighted by molar-refractivity contribution is 5.82. The van der Waals surface area contributed by atoms with Crippen molar-refractivity contribution in [2.45, 2.75) is 38.0 Å². The highest BCUT2D eigenvalue weighted by Crippen LogP contribution is 2.34. The predicted octanol–water partition coefficient (Wildman–Crippen LogP) is 3.89. The van der Waals surface area contributed by atoms with Gasteiger partial charge in [0.2, 0.25) is 0 Å². The standard InChI is InChI=1S/C19H21NO/c20-17-9-3-5-14(11-17)12-18(21)13-16-8-4-7-15-6-1-2-10-19(15)16/h1-3,5-6,9-11,16H,4,7-8,12-13,20H2. The van der Waals surface area contributed by atoms with Crippen molar-refractivity contribution in [3.05, 3.63) is 65.2 Å². The van der Waals surface area contributed by atoms with E-state index in [0.29, 0.717) is 24.5 Å². The monoisotopic (exact) mass is 279 g/mol. The van der Waals surface area contributed by atoms with E-state index in [-0.39, 0.29) is 0 Å². The number of anilines is 1. The molecule has 0 radical (unpaired) electrons. The van der Waals surface area contributed by atoms with Crippen molar-refractivity contribution in [1.82, 2.24) is 0 Å². The molecule has 2 heteroatoms. The maximum atomic E-state index is 12.4. The van der Waals surface area contributed by atoms with Crippen LogP contribution in [0.4, 0.5) is 5.69 Å². The topological polar surface area (TPSA) is 43.1 Å². The Labute approximate surface area is 126 Å². The Kier molecular flexibility index (Phi) is 4.05. The van der Waals surface area contributed by atoms with Crippen LogP contribution in [0.5, 0.6) is 0 Å². The summed E-state index contributed by atoms with van der Waals surface area (Å²) in [6, 6.07) is 16.2. The molecular formula is C19H21NO. The average molecular weight is 279 g/mol. The number of nitrogens with two attached hydrogens (primary N) is 1. The molecule has 1 aliphatic rings. The number of benzene rings is 2. The smallest absolute Gasteiger partial charge is 0.137 e. The molecule has 3 rings (SSSR count). The van der Waals surface area contributed by atoms with Crippen LogP contribution in [-0.2, 0) is 17.6 Å². The fourth-order valence-electron chi connectivity index (χ4n) is 3.34. The van der Waals surface area contributed by atoms with Gasteiger partial charge in [-0.05, 0) is 54.0 Å². The van der Waals surface area contributed by atoms with Gasteiger partial charge in [-0.25, -0.2) is 0 Å². The maximum Gasteiger partial charge on any atom is 0.137 e. The maximum absolute atomic E-state index is 12.4. The number of hydrogen-bond donors (Lipinski definition) is 1. The van der Waals surface area contributed by atoms with Gasteiger partial charge in [-0.2, -0.15) is 0 Å². The van der Waals surface area contributed by atoms with Crippen molar-refractivity contribution in [3.63, 3.8) is 0 Å². The zero-order chi connectivity index (χ0) is 14.7. The molecule has 2 aromatic rings. The average Bonchev–Trinajstić information content (AvgIpc) is 2.47. The molecule has 0 aromatic heterocycles. The number of aryl methyl sites for hydroxylation is 1. The number of nitrogen functional groups attached to an aromatic ring is 1. The molecule has 2 N–H and O–H groups in total. The minimum absolute atomic E-state index is 0.308. The summed E-state index contributed by atoms with van der Waals surface area (Å²) >= 11 is 0. The van der Waals surface area contributed by atoms with Crippen molar-refractivity contribution in [1.29, 1.82) is 0 Å². The van der Waals surface area contributed by atoms with Gasteiger partial charge >= 0.3 is 0 Å². The lowest BCUT2D eigenvalue weighted by atomic mass is 9.80. The minimum Gasteiger partial charge on any atom is -0.399 e. The van der Waals surface area contributed by atoms with Crippen LogP contribution in [0.3, 0.4) is 0 Å². The van der Waals surface area contributed by atoms with E-state index in [1.54, 1.807) is 0 Å². The van der Waals surface area contributed by atoms with E-state index >= 15 is 0 Å². The van der Waals surface area contributed by atoms with Crippen LogP contribution in [0.2, 0.25) is 0 Å². The lowest BCUT2D eigenvalue weighted by molar-refractivity contribution is -0.118. The number of carbonyl (C=O) groups excluding carboxylic acids is 1. The summed E-state index contributed by atoms with van der Waals surface area (Å²) < 4.78 is 0.